The minimum Gasteiger partial charge on any atom is -0.550 e. The van der Waals surface area contributed by atoms with Crippen molar-refractivity contribution in [3.8, 4) is 0 Å². The molecule has 0 spiro atoms. The van der Waals surface area contributed by atoms with E-state index in [1.807, 2.05) is 0 Å². The van der Waals surface area contributed by atoms with Gasteiger partial charge in [0, 0.05) is 33.8 Å². The lowest BCUT2D eigenvalue weighted by atomic mass is 9.94. The molecule has 0 aliphatic carbocycles. The quantitative estimate of drug-likeness (QED) is 0.691. The van der Waals surface area contributed by atoms with Gasteiger partial charge in [0.05, 0.1) is 18.2 Å². The van der Waals surface area contributed by atoms with Gasteiger partial charge in [0.25, 0.3) is 0 Å². The summed E-state index contributed by atoms with van der Waals surface area (Å²) in [6.45, 7) is 3.53. The third-order valence-electron chi connectivity index (χ3n) is 4.14. The normalized spacial score (nSPS) is 17.0. The number of carbonyl (C=O) groups is 3. The Kier molecular flexibility index (Phi) is 7.10. The molecule has 1 aliphatic rings. The molecule has 146 valence electrons. The number of esters is 1. The molecule has 0 saturated carbocycles. The highest BCUT2D eigenvalue weighted by molar-refractivity contribution is 6.36. The molecule has 1 heterocycles. The van der Waals surface area contributed by atoms with Gasteiger partial charge in [0.1, 0.15) is 0 Å². The summed E-state index contributed by atoms with van der Waals surface area (Å²) >= 11 is 12.5. The molecule has 1 aromatic rings. The maximum Gasteiger partial charge on any atom is 0.338 e. The highest BCUT2D eigenvalue weighted by Gasteiger charge is 2.38. The van der Waals surface area contributed by atoms with E-state index >= 15 is 0 Å². The van der Waals surface area contributed by atoms with Crippen LogP contribution in [0.5, 0.6) is 0 Å². The maximum absolute atomic E-state index is 12.6. The van der Waals surface area contributed by atoms with Gasteiger partial charge in [-0.2, -0.15) is 0 Å². The Morgan fingerprint density at radius 3 is 2.48 bits per heavy atom. The summed E-state index contributed by atoms with van der Waals surface area (Å²) < 4.78 is 5.14. The van der Waals surface area contributed by atoms with Crippen molar-refractivity contribution in [2.45, 2.75) is 32.7 Å². The second-order valence-electron chi connectivity index (χ2n) is 5.86. The first-order chi connectivity index (χ1) is 12.8. The van der Waals surface area contributed by atoms with Crippen LogP contribution in [-0.4, -0.2) is 36.0 Å². The number of nitrogens with zero attached hydrogens (tertiary/aromatic N) is 1. The molecule has 0 aromatic heterocycles. The van der Waals surface area contributed by atoms with Crippen molar-refractivity contribution in [1.29, 1.82) is 0 Å². The molecule has 2 amide bonds. The first-order valence-corrected chi connectivity index (χ1v) is 9.13. The Hall–Kier alpha value is -2.25. The van der Waals surface area contributed by atoms with Gasteiger partial charge in [-0.05, 0) is 38.8 Å². The number of aliphatic carboxylic acids is 1. The lowest BCUT2D eigenvalue weighted by Crippen LogP contribution is -2.48. The smallest absolute Gasteiger partial charge is 0.338 e. The fourth-order valence-electron chi connectivity index (χ4n) is 2.91. The monoisotopic (exact) mass is 413 g/mol. The van der Waals surface area contributed by atoms with Crippen LogP contribution in [0, 0.1) is 0 Å². The van der Waals surface area contributed by atoms with Crippen LogP contribution in [-0.2, 0) is 14.3 Å². The van der Waals surface area contributed by atoms with Gasteiger partial charge in [-0.3, -0.25) is 4.90 Å². The third-order valence-corrected chi connectivity index (χ3v) is 4.80. The van der Waals surface area contributed by atoms with E-state index in [4.69, 9.17) is 27.9 Å². The third kappa shape index (κ3) is 4.73. The van der Waals surface area contributed by atoms with E-state index in [-0.39, 0.29) is 31.6 Å². The molecule has 0 fully saturated rings. The average molecular weight is 414 g/mol. The zero-order chi connectivity index (χ0) is 20.1. The Balaban J connectivity index is 2.48. The van der Waals surface area contributed by atoms with Crippen molar-refractivity contribution in [3.63, 3.8) is 0 Å². The molecule has 27 heavy (non-hydrogen) atoms. The predicted octanol–water partition coefficient (Wildman–Crippen LogP) is 2.43. The van der Waals surface area contributed by atoms with Crippen molar-refractivity contribution in [2.75, 3.05) is 13.2 Å². The van der Waals surface area contributed by atoms with E-state index in [0.717, 1.165) is 0 Å². The minimum absolute atomic E-state index is 0.109. The fraction of sp³-hybridized carbons (Fsp3) is 0.389. The number of urea groups is 1. The van der Waals surface area contributed by atoms with Crippen LogP contribution in [0.4, 0.5) is 4.79 Å². The number of halogens is 2. The molecule has 9 heteroatoms. The first kappa shape index (κ1) is 21.1. The summed E-state index contributed by atoms with van der Waals surface area (Å²) in [5.74, 6) is -1.82. The van der Waals surface area contributed by atoms with Crippen molar-refractivity contribution in [2.24, 2.45) is 0 Å². The minimum atomic E-state index is -1.21. The number of nitrogens with one attached hydrogen (secondary N) is 1. The first-order valence-electron chi connectivity index (χ1n) is 8.37. The van der Waals surface area contributed by atoms with Crippen LogP contribution in [0.15, 0.2) is 29.5 Å². The molecule has 1 N–H and O–H groups in total. The van der Waals surface area contributed by atoms with Gasteiger partial charge in [-0.25, -0.2) is 9.59 Å². The summed E-state index contributed by atoms with van der Waals surface area (Å²) in [6, 6.07) is 3.51. The number of amides is 2. The lowest BCUT2D eigenvalue weighted by Gasteiger charge is -2.36. The number of allylic oxidation sites excluding steroid dienone is 1. The van der Waals surface area contributed by atoms with E-state index in [9.17, 15) is 19.5 Å². The molecular formula is C18H19Cl2N2O5-. The fourth-order valence-corrected chi connectivity index (χ4v) is 3.52. The number of hydrogen-bond donors (Lipinski definition) is 1. The zero-order valence-corrected chi connectivity index (χ0v) is 16.4. The molecule has 0 saturated heterocycles. The van der Waals surface area contributed by atoms with E-state index in [1.165, 1.54) is 4.90 Å². The van der Waals surface area contributed by atoms with Gasteiger partial charge in [-0.1, -0.05) is 29.3 Å². The predicted molar refractivity (Wildman–Crippen MR) is 98.0 cm³/mol. The van der Waals surface area contributed by atoms with Crippen LogP contribution in [0.25, 0.3) is 0 Å². The van der Waals surface area contributed by atoms with Crippen LogP contribution in [0.1, 0.15) is 38.3 Å². The van der Waals surface area contributed by atoms with Gasteiger partial charge in [0.2, 0.25) is 0 Å². The number of carboxylic acids is 1. The van der Waals surface area contributed by atoms with Gasteiger partial charge < -0.3 is 20.0 Å². The second-order valence-corrected chi connectivity index (χ2v) is 6.68. The van der Waals surface area contributed by atoms with Gasteiger partial charge >= 0.3 is 12.0 Å². The SMILES string of the molecule is CCOC(=O)C1=C(C)N(CCCC(=O)[O-])C(=O)N[C@@H]1c1c(Cl)cccc1Cl. The second kappa shape index (κ2) is 9.10. The summed E-state index contributed by atoms with van der Waals surface area (Å²) in [5.41, 5.74) is 0.947. The van der Waals surface area contributed by atoms with Crippen molar-refractivity contribution in [1.82, 2.24) is 10.2 Å². The molecule has 1 aromatic carbocycles. The van der Waals surface area contributed by atoms with Gasteiger partial charge in [-0.15, -0.1) is 0 Å². The molecule has 2 rings (SSSR count). The van der Waals surface area contributed by atoms with Gasteiger partial charge in [0.15, 0.2) is 0 Å². The highest BCUT2D eigenvalue weighted by Crippen LogP contribution is 2.38. The number of rotatable bonds is 7. The van der Waals surface area contributed by atoms with Crippen LogP contribution in [0.3, 0.4) is 0 Å². The lowest BCUT2D eigenvalue weighted by molar-refractivity contribution is -0.305. The topological polar surface area (TPSA) is 98.8 Å². The molecule has 0 radical (unpaired) electrons. The molecule has 0 unspecified atom stereocenters. The Morgan fingerprint density at radius 2 is 1.93 bits per heavy atom. The number of carboxylic acid groups (broad SMARTS) is 1. The van der Waals surface area contributed by atoms with Crippen molar-refractivity contribution < 1.29 is 24.2 Å². The Bertz CT molecular complexity index is 774. The van der Waals surface area contributed by atoms with Crippen LogP contribution >= 0.6 is 23.2 Å². The number of benzene rings is 1. The van der Waals surface area contributed by atoms with E-state index in [2.05, 4.69) is 5.32 Å². The maximum atomic E-state index is 12.6. The number of carbonyl (C=O) groups excluding carboxylic acids is 3. The molecule has 0 bridgehead atoms. The summed E-state index contributed by atoms with van der Waals surface area (Å²) in [7, 11) is 0. The van der Waals surface area contributed by atoms with Crippen molar-refractivity contribution in [3.05, 3.63) is 45.1 Å². The van der Waals surface area contributed by atoms with E-state index < -0.39 is 24.0 Å². The van der Waals surface area contributed by atoms with Crippen LogP contribution < -0.4 is 10.4 Å². The summed E-state index contributed by atoms with van der Waals surface area (Å²) in [6.07, 6.45) is -0.0215. The largest absolute Gasteiger partial charge is 0.550 e. The molecule has 1 aliphatic heterocycles. The number of ether oxygens (including phenoxy) is 1. The zero-order valence-electron chi connectivity index (χ0n) is 14.9. The Labute approximate surface area is 166 Å². The molecule has 7 nitrogen and oxygen atoms in total. The molecule has 1 atom stereocenters. The standard InChI is InChI=1S/C18H20Cl2N2O5/c1-3-27-17(25)14-10(2)22(9-5-8-13(23)24)18(26)21-16(14)15-11(19)6-4-7-12(15)20/h4,6-7,16H,3,5,8-9H2,1-2H3,(H,21,26)(H,23,24)/p-1/t16-/m0/s1. The van der Waals surface area contributed by atoms with E-state index in [1.54, 1.807) is 32.0 Å². The summed E-state index contributed by atoms with van der Waals surface area (Å²) in [4.78, 5) is 37.1. The Morgan fingerprint density at radius 1 is 1.30 bits per heavy atom. The number of hydrogen-bond acceptors (Lipinski definition) is 5. The highest BCUT2D eigenvalue weighted by atomic mass is 35.5. The van der Waals surface area contributed by atoms with E-state index in [0.29, 0.717) is 21.3 Å². The van der Waals surface area contributed by atoms with Crippen LogP contribution in [0.2, 0.25) is 10.0 Å². The average Bonchev–Trinajstić information content (AvgIpc) is 2.57. The summed E-state index contributed by atoms with van der Waals surface area (Å²) in [5, 5.41) is 13.9. The van der Waals surface area contributed by atoms with Crippen molar-refractivity contribution >= 4 is 41.2 Å². The molecular weight excluding hydrogens is 395 g/mol.